The van der Waals surface area contributed by atoms with E-state index in [1.54, 1.807) is 0 Å². The molecule has 0 N–H and O–H groups in total. The monoisotopic (exact) mass is 280 g/mol. The van der Waals surface area contributed by atoms with Crippen molar-refractivity contribution in [3.8, 4) is 11.1 Å². The predicted molar refractivity (Wildman–Crippen MR) is 89.5 cm³/mol. The van der Waals surface area contributed by atoms with Gasteiger partial charge in [-0.2, -0.15) is 0 Å². The van der Waals surface area contributed by atoms with Gasteiger partial charge in [0.05, 0.1) is 0 Å². The SMILES string of the molecule is CN(C)Cc1cccc2c1Cc1cccc(CN(C)C)c1-2. The maximum Gasteiger partial charge on any atom is 0.0233 e. The molecule has 2 heteroatoms. The summed E-state index contributed by atoms with van der Waals surface area (Å²) in [6, 6.07) is 13.5. The van der Waals surface area contributed by atoms with Crippen LogP contribution in [0, 0.1) is 0 Å². The van der Waals surface area contributed by atoms with Gasteiger partial charge in [-0.05, 0) is 68.0 Å². The average Bonchev–Trinajstić information content (AvgIpc) is 2.78. The zero-order chi connectivity index (χ0) is 15.0. The Morgan fingerprint density at radius 2 is 1.43 bits per heavy atom. The molecule has 2 nitrogen and oxygen atoms in total. The van der Waals surface area contributed by atoms with Crippen LogP contribution < -0.4 is 0 Å². The Morgan fingerprint density at radius 3 is 2.14 bits per heavy atom. The highest BCUT2D eigenvalue weighted by Gasteiger charge is 2.23. The Balaban J connectivity index is 2.09. The summed E-state index contributed by atoms with van der Waals surface area (Å²) in [4.78, 5) is 4.50. The van der Waals surface area contributed by atoms with E-state index < -0.39 is 0 Å². The Hall–Kier alpha value is -1.64. The number of benzene rings is 2. The Bertz CT molecular complexity index is 657. The average molecular weight is 280 g/mol. The first-order valence-electron chi connectivity index (χ1n) is 7.57. The summed E-state index contributed by atoms with van der Waals surface area (Å²) in [7, 11) is 8.55. The second-order valence-electron chi connectivity index (χ2n) is 6.55. The van der Waals surface area contributed by atoms with Gasteiger partial charge in [-0.1, -0.05) is 36.4 Å². The van der Waals surface area contributed by atoms with Crippen molar-refractivity contribution in [1.82, 2.24) is 9.80 Å². The number of rotatable bonds is 4. The van der Waals surface area contributed by atoms with Gasteiger partial charge < -0.3 is 9.80 Å². The molecule has 1 aliphatic carbocycles. The Morgan fingerprint density at radius 1 is 0.810 bits per heavy atom. The third-order valence-electron chi connectivity index (χ3n) is 4.12. The van der Waals surface area contributed by atoms with Crippen LogP contribution in [-0.2, 0) is 19.5 Å². The fraction of sp³-hybridized carbons (Fsp3) is 0.368. The van der Waals surface area contributed by atoms with Crippen LogP contribution in [-0.4, -0.2) is 38.0 Å². The molecule has 21 heavy (non-hydrogen) atoms. The van der Waals surface area contributed by atoms with Crippen LogP contribution >= 0.6 is 0 Å². The van der Waals surface area contributed by atoms with E-state index in [1.165, 1.54) is 33.4 Å². The lowest BCUT2D eigenvalue weighted by Crippen LogP contribution is -2.12. The lowest BCUT2D eigenvalue weighted by molar-refractivity contribution is 0.401. The van der Waals surface area contributed by atoms with Crippen molar-refractivity contribution in [2.24, 2.45) is 0 Å². The summed E-state index contributed by atoms with van der Waals surface area (Å²) in [5, 5.41) is 0. The first-order chi connectivity index (χ1) is 10.1. The Labute approximate surface area is 128 Å². The van der Waals surface area contributed by atoms with Crippen LogP contribution in [0.25, 0.3) is 11.1 Å². The van der Waals surface area contributed by atoms with Crippen LogP contribution in [0.4, 0.5) is 0 Å². The number of hydrogen-bond donors (Lipinski definition) is 0. The molecular weight excluding hydrogens is 256 g/mol. The quantitative estimate of drug-likeness (QED) is 0.723. The highest BCUT2D eigenvalue weighted by atomic mass is 15.1. The molecule has 0 amide bonds. The predicted octanol–water partition coefficient (Wildman–Crippen LogP) is 3.38. The zero-order valence-electron chi connectivity index (χ0n) is 13.5. The van der Waals surface area contributed by atoms with Crippen LogP contribution in [0.15, 0.2) is 36.4 Å². The summed E-state index contributed by atoms with van der Waals surface area (Å²) < 4.78 is 0. The molecule has 0 aromatic heterocycles. The van der Waals surface area contributed by atoms with E-state index in [0.717, 1.165) is 19.5 Å². The Kier molecular flexibility index (Phi) is 3.83. The summed E-state index contributed by atoms with van der Waals surface area (Å²) in [5.41, 5.74) is 8.83. The topological polar surface area (TPSA) is 6.48 Å². The second-order valence-corrected chi connectivity index (χ2v) is 6.55. The summed E-state index contributed by atoms with van der Waals surface area (Å²) in [5.74, 6) is 0. The third-order valence-corrected chi connectivity index (χ3v) is 4.12. The van der Waals surface area contributed by atoms with E-state index >= 15 is 0 Å². The minimum Gasteiger partial charge on any atom is -0.305 e. The van der Waals surface area contributed by atoms with Gasteiger partial charge in [0.15, 0.2) is 0 Å². The van der Waals surface area contributed by atoms with Crippen molar-refractivity contribution in [3.63, 3.8) is 0 Å². The minimum atomic E-state index is 1.00. The van der Waals surface area contributed by atoms with Gasteiger partial charge in [-0.25, -0.2) is 0 Å². The molecule has 0 radical (unpaired) electrons. The first kappa shape index (κ1) is 14.3. The highest BCUT2D eigenvalue weighted by Crippen LogP contribution is 2.40. The van der Waals surface area contributed by atoms with Crippen LogP contribution in [0.2, 0.25) is 0 Å². The molecule has 0 unspecified atom stereocenters. The molecule has 0 saturated heterocycles. The fourth-order valence-electron chi connectivity index (χ4n) is 3.38. The fourth-order valence-corrected chi connectivity index (χ4v) is 3.38. The van der Waals surface area contributed by atoms with E-state index in [9.17, 15) is 0 Å². The summed E-state index contributed by atoms with van der Waals surface area (Å²) in [6.45, 7) is 2.01. The molecule has 0 bridgehead atoms. The van der Waals surface area contributed by atoms with E-state index in [2.05, 4.69) is 74.4 Å². The van der Waals surface area contributed by atoms with Crippen molar-refractivity contribution in [1.29, 1.82) is 0 Å². The number of hydrogen-bond acceptors (Lipinski definition) is 2. The summed E-state index contributed by atoms with van der Waals surface area (Å²) >= 11 is 0. The molecule has 110 valence electrons. The largest absolute Gasteiger partial charge is 0.305 e. The molecule has 2 aromatic rings. The van der Waals surface area contributed by atoms with Crippen molar-refractivity contribution < 1.29 is 0 Å². The molecule has 0 fully saturated rings. The van der Waals surface area contributed by atoms with Crippen LogP contribution in [0.3, 0.4) is 0 Å². The van der Waals surface area contributed by atoms with E-state index in [-0.39, 0.29) is 0 Å². The normalized spacial score (nSPS) is 12.9. The van der Waals surface area contributed by atoms with Gasteiger partial charge >= 0.3 is 0 Å². The molecule has 0 aliphatic heterocycles. The molecule has 0 saturated carbocycles. The third kappa shape index (κ3) is 2.74. The second kappa shape index (κ2) is 5.63. The molecule has 0 spiro atoms. The molecule has 3 rings (SSSR count). The zero-order valence-corrected chi connectivity index (χ0v) is 13.5. The maximum absolute atomic E-state index is 2.29. The molecule has 2 aromatic carbocycles. The van der Waals surface area contributed by atoms with Crippen LogP contribution in [0.5, 0.6) is 0 Å². The van der Waals surface area contributed by atoms with Crippen molar-refractivity contribution in [2.75, 3.05) is 28.2 Å². The molecule has 1 aliphatic rings. The first-order valence-corrected chi connectivity index (χ1v) is 7.57. The van der Waals surface area contributed by atoms with E-state index in [0.29, 0.717) is 0 Å². The smallest absolute Gasteiger partial charge is 0.0233 e. The van der Waals surface area contributed by atoms with Gasteiger partial charge in [-0.15, -0.1) is 0 Å². The van der Waals surface area contributed by atoms with Crippen LogP contribution in [0.1, 0.15) is 22.3 Å². The van der Waals surface area contributed by atoms with Gasteiger partial charge in [0.1, 0.15) is 0 Å². The van der Waals surface area contributed by atoms with Crippen molar-refractivity contribution in [2.45, 2.75) is 19.5 Å². The highest BCUT2D eigenvalue weighted by molar-refractivity contribution is 5.80. The van der Waals surface area contributed by atoms with E-state index in [4.69, 9.17) is 0 Å². The number of fused-ring (bicyclic) bond motifs is 3. The number of nitrogens with zero attached hydrogens (tertiary/aromatic N) is 2. The lowest BCUT2D eigenvalue weighted by atomic mass is 9.97. The van der Waals surface area contributed by atoms with Gasteiger partial charge in [-0.3, -0.25) is 0 Å². The summed E-state index contributed by atoms with van der Waals surface area (Å²) in [6.07, 6.45) is 1.08. The van der Waals surface area contributed by atoms with Gasteiger partial charge in [0, 0.05) is 13.1 Å². The van der Waals surface area contributed by atoms with Crippen molar-refractivity contribution in [3.05, 3.63) is 58.7 Å². The molecular formula is C19H24N2. The van der Waals surface area contributed by atoms with Crippen molar-refractivity contribution >= 4 is 0 Å². The standard InChI is InChI=1S/C19H24N2/c1-20(2)12-15-8-6-10-17-18(15)11-14-7-5-9-16(19(14)17)13-21(3)4/h5-10H,11-13H2,1-4H3. The molecule has 0 atom stereocenters. The van der Waals surface area contributed by atoms with E-state index in [1.807, 2.05) is 0 Å². The minimum absolute atomic E-state index is 1.00. The lowest BCUT2D eigenvalue weighted by Gasteiger charge is -2.15. The van der Waals surface area contributed by atoms with Gasteiger partial charge in [0.25, 0.3) is 0 Å². The maximum atomic E-state index is 2.29. The van der Waals surface area contributed by atoms with Gasteiger partial charge in [0.2, 0.25) is 0 Å². The molecule has 0 heterocycles.